The molecule has 0 radical (unpaired) electrons. The van der Waals surface area contributed by atoms with Crippen LogP contribution in [0, 0.1) is 17.0 Å². The smallest absolute Gasteiger partial charge is 0.258 e. The van der Waals surface area contributed by atoms with Gasteiger partial charge in [0.15, 0.2) is 0 Å². The van der Waals surface area contributed by atoms with Gasteiger partial charge in [0, 0.05) is 28.4 Å². The second kappa shape index (κ2) is 7.23. The first kappa shape index (κ1) is 18.0. The summed E-state index contributed by atoms with van der Waals surface area (Å²) in [6, 6.07) is 9.01. The molecule has 1 saturated heterocycles. The van der Waals surface area contributed by atoms with Crippen molar-refractivity contribution in [1.82, 2.24) is 4.31 Å². The van der Waals surface area contributed by atoms with Gasteiger partial charge in [0.1, 0.15) is 0 Å². The van der Waals surface area contributed by atoms with Crippen LogP contribution >= 0.6 is 11.3 Å². The number of non-ortho nitro benzene ring substituents is 1. The standard InChI is InChI=1S/C17H20N2O4S2/c1-13-6-11-17(24-13)16-5-3-2-4-12-18(16)25(22,23)15-9-7-14(8-10-15)19(20)21/h6-11,16H,2-5,12H2,1H3/t16-/m1/s1. The van der Waals surface area contributed by atoms with Crippen LogP contribution in [0.15, 0.2) is 41.3 Å². The van der Waals surface area contributed by atoms with Crippen LogP contribution < -0.4 is 0 Å². The minimum Gasteiger partial charge on any atom is -0.258 e. The zero-order chi connectivity index (χ0) is 18.0. The van der Waals surface area contributed by atoms with E-state index in [1.807, 2.05) is 19.1 Å². The monoisotopic (exact) mass is 380 g/mol. The lowest BCUT2D eigenvalue weighted by atomic mass is 10.1. The predicted octanol–water partition coefficient (Wildman–Crippen LogP) is 4.27. The summed E-state index contributed by atoms with van der Waals surface area (Å²) in [5.41, 5.74) is -0.111. The lowest BCUT2D eigenvalue weighted by molar-refractivity contribution is -0.384. The third-order valence-electron chi connectivity index (χ3n) is 4.45. The SMILES string of the molecule is Cc1ccc([C@H]2CCCCCN2S(=O)(=O)c2ccc([N+](=O)[O-])cc2)s1. The van der Waals surface area contributed by atoms with E-state index in [1.165, 1.54) is 24.3 Å². The second-order valence-corrected chi connectivity index (χ2v) is 9.39. The van der Waals surface area contributed by atoms with Gasteiger partial charge < -0.3 is 0 Å². The maximum atomic E-state index is 13.2. The Morgan fingerprint density at radius 3 is 2.44 bits per heavy atom. The van der Waals surface area contributed by atoms with Crippen LogP contribution in [0.5, 0.6) is 0 Å². The summed E-state index contributed by atoms with van der Waals surface area (Å²) in [5, 5.41) is 10.8. The van der Waals surface area contributed by atoms with E-state index in [9.17, 15) is 18.5 Å². The first-order valence-electron chi connectivity index (χ1n) is 8.22. The fourth-order valence-electron chi connectivity index (χ4n) is 3.16. The highest BCUT2D eigenvalue weighted by Gasteiger charge is 2.34. The van der Waals surface area contributed by atoms with Crippen LogP contribution in [-0.2, 0) is 10.0 Å². The van der Waals surface area contributed by atoms with Crippen molar-refractivity contribution in [3.8, 4) is 0 Å². The van der Waals surface area contributed by atoms with E-state index in [2.05, 4.69) is 0 Å². The Hall–Kier alpha value is -1.77. The molecule has 0 saturated carbocycles. The van der Waals surface area contributed by atoms with E-state index >= 15 is 0 Å². The van der Waals surface area contributed by atoms with Crippen molar-refractivity contribution >= 4 is 27.0 Å². The van der Waals surface area contributed by atoms with Crippen molar-refractivity contribution in [1.29, 1.82) is 0 Å². The molecule has 1 aromatic carbocycles. The number of hydrogen-bond acceptors (Lipinski definition) is 5. The van der Waals surface area contributed by atoms with Crippen molar-refractivity contribution in [2.45, 2.75) is 43.5 Å². The lowest BCUT2D eigenvalue weighted by Crippen LogP contribution is -2.34. The average Bonchev–Trinajstić information content (AvgIpc) is 2.86. The number of nitro groups is 1. The molecule has 1 atom stereocenters. The molecule has 1 aliphatic heterocycles. The van der Waals surface area contributed by atoms with Gasteiger partial charge >= 0.3 is 0 Å². The summed E-state index contributed by atoms with van der Waals surface area (Å²) in [7, 11) is -3.70. The molecule has 0 unspecified atom stereocenters. The molecule has 25 heavy (non-hydrogen) atoms. The Morgan fingerprint density at radius 1 is 1.12 bits per heavy atom. The van der Waals surface area contributed by atoms with Gasteiger partial charge in [0.25, 0.3) is 5.69 Å². The van der Waals surface area contributed by atoms with E-state index < -0.39 is 14.9 Å². The van der Waals surface area contributed by atoms with Crippen LogP contribution in [0.25, 0.3) is 0 Å². The predicted molar refractivity (Wildman–Crippen MR) is 97.3 cm³/mol. The van der Waals surface area contributed by atoms with Gasteiger partial charge in [-0.15, -0.1) is 11.3 Å². The molecule has 6 nitrogen and oxygen atoms in total. The summed E-state index contributed by atoms with van der Waals surface area (Å²) in [5.74, 6) is 0. The summed E-state index contributed by atoms with van der Waals surface area (Å²) in [4.78, 5) is 12.6. The molecule has 3 rings (SSSR count). The second-order valence-electron chi connectivity index (χ2n) is 6.18. The van der Waals surface area contributed by atoms with Crippen LogP contribution in [0.4, 0.5) is 5.69 Å². The lowest BCUT2D eigenvalue weighted by Gasteiger charge is -2.28. The van der Waals surface area contributed by atoms with Gasteiger partial charge in [-0.25, -0.2) is 8.42 Å². The van der Waals surface area contributed by atoms with Gasteiger partial charge in [0.05, 0.1) is 15.9 Å². The van der Waals surface area contributed by atoms with Crippen molar-refractivity contribution in [2.24, 2.45) is 0 Å². The van der Waals surface area contributed by atoms with Crippen molar-refractivity contribution in [3.63, 3.8) is 0 Å². The Balaban J connectivity index is 1.98. The zero-order valence-electron chi connectivity index (χ0n) is 13.9. The van der Waals surface area contributed by atoms with E-state index in [-0.39, 0.29) is 16.6 Å². The zero-order valence-corrected chi connectivity index (χ0v) is 15.6. The molecule has 1 aliphatic rings. The summed E-state index contributed by atoms with van der Waals surface area (Å²) < 4.78 is 27.9. The molecule has 1 fully saturated rings. The molecule has 2 heterocycles. The number of nitrogens with zero attached hydrogens (tertiary/aromatic N) is 2. The molecule has 8 heteroatoms. The highest BCUT2D eigenvalue weighted by molar-refractivity contribution is 7.89. The van der Waals surface area contributed by atoms with E-state index in [4.69, 9.17) is 0 Å². The Kier molecular flexibility index (Phi) is 5.21. The molecule has 0 amide bonds. The number of rotatable bonds is 4. The van der Waals surface area contributed by atoms with E-state index in [1.54, 1.807) is 15.6 Å². The van der Waals surface area contributed by atoms with E-state index in [0.29, 0.717) is 6.54 Å². The largest absolute Gasteiger partial charge is 0.269 e. The fraction of sp³-hybridized carbons (Fsp3) is 0.412. The van der Waals surface area contributed by atoms with Gasteiger partial charge in [0.2, 0.25) is 10.0 Å². The number of nitro benzene ring substituents is 1. The van der Waals surface area contributed by atoms with Crippen molar-refractivity contribution in [3.05, 3.63) is 56.3 Å². The first-order chi connectivity index (χ1) is 11.9. The molecule has 0 N–H and O–H groups in total. The third-order valence-corrected chi connectivity index (χ3v) is 7.47. The fourth-order valence-corrected chi connectivity index (χ4v) is 5.93. The molecule has 0 spiro atoms. The Labute approximate surface area is 151 Å². The molecule has 0 bridgehead atoms. The average molecular weight is 380 g/mol. The molecule has 1 aromatic heterocycles. The minimum absolute atomic E-state index is 0.110. The summed E-state index contributed by atoms with van der Waals surface area (Å²) in [6.45, 7) is 2.49. The molecule has 134 valence electrons. The van der Waals surface area contributed by atoms with Gasteiger partial charge in [-0.05, 0) is 44.0 Å². The van der Waals surface area contributed by atoms with Crippen LogP contribution in [-0.4, -0.2) is 24.2 Å². The van der Waals surface area contributed by atoms with Crippen molar-refractivity contribution < 1.29 is 13.3 Å². The number of aryl methyl sites for hydroxylation is 1. The highest BCUT2D eigenvalue weighted by Crippen LogP contribution is 2.37. The number of sulfonamides is 1. The van der Waals surface area contributed by atoms with Gasteiger partial charge in [-0.3, -0.25) is 10.1 Å². The number of hydrogen-bond donors (Lipinski definition) is 0. The topological polar surface area (TPSA) is 80.5 Å². The maximum absolute atomic E-state index is 13.2. The van der Waals surface area contributed by atoms with Gasteiger partial charge in [-0.1, -0.05) is 12.8 Å². The number of thiophene rings is 1. The van der Waals surface area contributed by atoms with Crippen LogP contribution in [0.2, 0.25) is 0 Å². The van der Waals surface area contributed by atoms with Gasteiger partial charge in [-0.2, -0.15) is 4.31 Å². The number of benzene rings is 1. The highest BCUT2D eigenvalue weighted by atomic mass is 32.2. The maximum Gasteiger partial charge on any atom is 0.269 e. The van der Waals surface area contributed by atoms with E-state index in [0.717, 1.165) is 35.4 Å². The molecule has 0 aliphatic carbocycles. The normalized spacial score (nSPS) is 19.5. The Bertz CT molecular complexity index is 859. The summed E-state index contributed by atoms with van der Waals surface area (Å²) >= 11 is 1.63. The van der Waals surface area contributed by atoms with Crippen LogP contribution in [0.3, 0.4) is 0 Å². The molecular formula is C17H20N2O4S2. The van der Waals surface area contributed by atoms with Crippen molar-refractivity contribution in [2.75, 3.05) is 6.54 Å². The first-order valence-corrected chi connectivity index (χ1v) is 10.5. The Morgan fingerprint density at radius 2 is 1.84 bits per heavy atom. The van der Waals surface area contributed by atoms with Crippen LogP contribution in [0.1, 0.15) is 41.5 Å². The minimum atomic E-state index is -3.70. The third kappa shape index (κ3) is 3.75. The molecular weight excluding hydrogens is 360 g/mol. The quantitative estimate of drug-likeness (QED) is 0.586. The summed E-state index contributed by atoms with van der Waals surface area (Å²) in [6.07, 6.45) is 3.63. The molecule has 2 aromatic rings.